The summed E-state index contributed by atoms with van der Waals surface area (Å²) in [6.07, 6.45) is 2.43. The molecule has 96 valence electrons. The predicted octanol–water partition coefficient (Wildman–Crippen LogP) is -0.427. The van der Waals surface area contributed by atoms with Crippen molar-refractivity contribution in [1.82, 2.24) is 9.55 Å². The van der Waals surface area contributed by atoms with Crippen LogP contribution in [0.4, 0.5) is 0 Å². The summed E-state index contributed by atoms with van der Waals surface area (Å²) in [7, 11) is -0.933. The molecule has 0 saturated heterocycles. The number of rotatable bonds is 5. The Hall–Kier alpha value is -1.37. The van der Waals surface area contributed by atoms with Crippen molar-refractivity contribution in [2.75, 3.05) is 12.0 Å². The largest absolute Gasteiger partial charge is 0.494 e. The van der Waals surface area contributed by atoms with Crippen LogP contribution in [0.25, 0.3) is 0 Å². The fourth-order valence-corrected chi connectivity index (χ4v) is 2.09. The molecule has 7 heteroatoms. The molecule has 0 aromatic carbocycles. The summed E-state index contributed by atoms with van der Waals surface area (Å²) in [4.78, 5) is 25.0. The van der Waals surface area contributed by atoms with Crippen LogP contribution >= 0.6 is 0 Å². The number of hydrogen-bond acceptors (Lipinski definition) is 4. The van der Waals surface area contributed by atoms with Gasteiger partial charge in [0, 0.05) is 29.4 Å². The van der Waals surface area contributed by atoms with Crippen molar-refractivity contribution in [2.45, 2.75) is 26.3 Å². The molecule has 1 unspecified atom stereocenters. The van der Waals surface area contributed by atoms with Gasteiger partial charge in [0.1, 0.15) is 0 Å². The zero-order valence-corrected chi connectivity index (χ0v) is 10.7. The summed E-state index contributed by atoms with van der Waals surface area (Å²) in [5, 5.41) is 9.78. The van der Waals surface area contributed by atoms with E-state index in [1.165, 1.54) is 0 Å². The Balaban J connectivity index is 3.03. The van der Waals surface area contributed by atoms with Crippen LogP contribution < -0.4 is 11.2 Å². The minimum Gasteiger partial charge on any atom is -0.494 e. The third-order valence-electron chi connectivity index (χ3n) is 2.43. The van der Waals surface area contributed by atoms with E-state index in [0.717, 1.165) is 4.57 Å². The van der Waals surface area contributed by atoms with E-state index in [4.69, 9.17) is 0 Å². The van der Waals surface area contributed by atoms with E-state index >= 15 is 0 Å². The van der Waals surface area contributed by atoms with Crippen molar-refractivity contribution in [2.24, 2.45) is 0 Å². The van der Waals surface area contributed by atoms with Gasteiger partial charge in [-0.25, -0.2) is 4.79 Å². The molecular formula is C10H16N2O4S. The average Bonchev–Trinajstić information content (AvgIpc) is 2.22. The number of hydrogen-bond donors (Lipinski definition) is 2. The summed E-state index contributed by atoms with van der Waals surface area (Å²) in [5.74, 6) is 0.162. The van der Waals surface area contributed by atoms with Gasteiger partial charge in [0.2, 0.25) is 5.88 Å². The van der Waals surface area contributed by atoms with Gasteiger partial charge in [0.15, 0.2) is 0 Å². The highest BCUT2D eigenvalue weighted by molar-refractivity contribution is 7.84. The van der Waals surface area contributed by atoms with E-state index in [1.807, 2.05) is 0 Å². The van der Waals surface area contributed by atoms with Gasteiger partial charge in [-0.05, 0) is 12.8 Å². The van der Waals surface area contributed by atoms with Gasteiger partial charge in [-0.2, -0.15) is 0 Å². The molecule has 1 atom stereocenters. The summed E-state index contributed by atoms with van der Waals surface area (Å²) in [6.45, 7) is 1.97. The normalized spacial score (nSPS) is 12.6. The van der Waals surface area contributed by atoms with Crippen molar-refractivity contribution < 1.29 is 9.32 Å². The van der Waals surface area contributed by atoms with E-state index in [2.05, 4.69) is 4.98 Å². The highest BCUT2D eigenvalue weighted by Crippen LogP contribution is 2.10. The molecule has 6 nitrogen and oxygen atoms in total. The predicted molar refractivity (Wildman–Crippen MR) is 65.9 cm³/mol. The highest BCUT2D eigenvalue weighted by Gasteiger charge is 2.11. The van der Waals surface area contributed by atoms with Gasteiger partial charge in [-0.3, -0.25) is 18.6 Å². The minimum absolute atomic E-state index is 0.197. The fourth-order valence-electron chi connectivity index (χ4n) is 1.55. The molecule has 0 saturated carbocycles. The second-order valence-electron chi connectivity index (χ2n) is 3.70. The molecule has 0 fully saturated rings. The molecule has 2 N–H and O–H groups in total. The first-order chi connectivity index (χ1) is 7.97. The summed E-state index contributed by atoms with van der Waals surface area (Å²) in [5.41, 5.74) is -0.987. The van der Waals surface area contributed by atoms with Crippen LogP contribution in [0.1, 0.15) is 18.9 Å². The molecule has 0 bridgehead atoms. The monoisotopic (exact) mass is 260 g/mol. The number of aromatic nitrogens is 2. The summed E-state index contributed by atoms with van der Waals surface area (Å²) >= 11 is 0. The summed E-state index contributed by atoms with van der Waals surface area (Å²) < 4.78 is 12.0. The molecule has 0 radical (unpaired) electrons. The summed E-state index contributed by atoms with van der Waals surface area (Å²) in [6, 6.07) is 0. The van der Waals surface area contributed by atoms with Gasteiger partial charge < -0.3 is 5.11 Å². The second kappa shape index (κ2) is 5.81. The van der Waals surface area contributed by atoms with Crippen LogP contribution in [-0.4, -0.2) is 30.9 Å². The molecule has 0 aliphatic heterocycles. The first-order valence-electron chi connectivity index (χ1n) is 5.32. The second-order valence-corrected chi connectivity index (χ2v) is 5.25. The van der Waals surface area contributed by atoms with E-state index in [9.17, 15) is 18.9 Å². The van der Waals surface area contributed by atoms with Gasteiger partial charge >= 0.3 is 5.69 Å². The highest BCUT2D eigenvalue weighted by atomic mass is 32.2. The van der Waals surface area contributed by atoms with Crippen LogP contribution in [0.5, 0.6) is 5.88 Å². The Kier molecular flexibility index (Phi) is 4.68. The molecule has 17 heavy (non-hydrogen) atoms. The topological polar surface area (TPSA) is 92.2 Å². The van der Waals surface area contributed by atoms with Crippen LogP contribution in [0.3, 0.4) is 0 Å². The van der Waals surface area contributed by atoms with Gasteiger partial charge in [-0.15, -0.1) is 0 Å². The van der Waals surface area contributed by atoms with Crippen molar-refractivity contribution in [3.05, 3.63) is 26.4 Å². The minimum atomic E-state index is -0.933. The number of H-pyrrole nitrogens is 1. The molecule has 1 rings (SSSR count). The molecular weight excluding hydrogens is 244 g/mol. The SMILES string of the molecule is CCc1c(O)n(CCCS(C)=O)c(=O)[nH]c1=O. The molecule has 1 heterocycles. The maximum atomic E-state index is 11.5. The van der Waals surface area contributed by atoms with Crippen LogP contribution in [0.15, 0.2) is 9.59 Å². The third kappa shape index (κ3) is 3.29. The van der Waals surface area contributed by atoms with Gasteiger partial charge in [0.25, 0.3) is 5.56 Å². The lowest BCUT2D eigenvalue weighted by Crippen LogP contribution is -2.32. The lowest BCUT2D eigenvalue weighted by Gasteiger charge is -2.09. The Bertz CT molecular complexity index is 532. The molecule has 1 aromatic heterocycles. The van der Waals surface area contributed by atoms with E-state index < -0.39 is 22.0 Å². The molecule has 0 aliphatic rings. The third-order valence-corrected chi connectivity index (χ3v) is 3.30. The first kappa shape index (κ1) is 13.7. The van der Waals surface area contributed by atoms with Gasteiger partial charge in [-0.1, -0.05) is 6.92 Å². The average molecular weight is 260 g/mol. The number of nitrogens with zero attached hydrogens (tertiary/aromatic N) is 1. The lowest BCUT2D eigenvalue weighted by molar-refractivity contribution is 0.392. The van der Waals surface area contributed by atoms with E-state index in [0.29, 0.717) is 18.6 Å². The Morgan fingerprint density at radius 3 is 2.59 bits per heavy atom. The van der Waals surface area contributed by atoms with Gasteiger partial charge in [0.05, 0.1) is 5.56 Å². The molecule has 0 aliphatic carbocycles. The van der Waals surface area contributed by atoms with Crippen LogP contribution in [0, 0.1) is 0 Å². The van der Waals surface area contributed by atoms with Crippen molar-refractivity contribution in [3.63, 3.8) is 0 Å². The number of nitrogens with one attached hydrogen (secondary N) is 1. The number of aromatic amines is 1. The van der Waals surface area contributed by atoms with Crippen LogP contribution in [-0.2, 0) is 23.8 Å². The zero-order chi connectivity index (χ0) is 13.0. The molecule has 0 amide bonds. The smallest absolute Gasteiger partial charge is 0.331 e. The maximum absolute atomic E-state index is 11.5. The fraction of sp³-hybridized carbons (Fsp3) is 0.600. The Morgan fingerprint density at radius 1 is 1.41 bits per heavy atom. The molecule has 0 spiro atoms. The van der Waals surface area contributed by atoms with Crippen molar-refractivity contribution in [3.8, 4) is 5.88 Å². The Labute approximate surface area is 101 Å². The first-order valence-corrected chi connectivity index (χ1v) is 7.05. The zero-order valence-electron chi connectivity index (χ0n) is 9.86. The maximum Gasteiger partial charge on any atom is 0.331 e. The number of aromatic hydroxyl groups is 1. The van der Waals surface area contributed by atoms with E-state index in [1.54, 1.807) is 13.2 Å². The van der Waals surface area contributed by atoms with Crippen molar-refractivity contribution >= 4 is 10.8 Å². The Morgan fingerprint density at radius 2 is 2.06 bits per heavy atom. The van der Waals surface area contributed by atoms with Crippen molar-refractivity contribution in [1.29, 1.82) is 0 Å². The molecule has 1 aromatic rings. The quantitative estimate of drug-likeness (QED) is 0.751. The lowest BCUT2D eigenvalue weighted by atomic mass is 10.2. The van der Waals surface area contributed by atoms with Crippen LogP contribution in [0.2, 0.25) is 0 Å². The standard InChI is InChI=1S/C10H16N2O4S/c1-3-7-8(13)11-10(15)12(9(7)14)5-4-6-17(2)16/h14H,3-6H2,1-2H3,(H,11,13,15). The van der Waals surface area contributed by atoms with E-state index in [-0.39, 0.29) is 18.0 Å².